The zero-order chi connectivity index (χ0) is 28.4. The lowest BCUT2D eigenvalue weighted by Gasteiger charge is -2.47. The van der Waals surface area contributed by atoms with E-state index in [4.69, 9.17) is 25.5 Å². The molecule has 3 N–H and O–H groups in total. The largest absolute Gasteiger partial charge is 0.381 e. The van der Waals surface area contributed by atoms with Crippen LogP contribution in [0.15, 0.2) is 48.7 Å². The summed E-state index contributed by atoms with van der Waals surface area (Å²) in [6, 6.07) is 17.4. The fraction of sp³-hybridized carbons (Fsp3) is 0.438. The van der Waals surface area contributed by atoms with Crippen LogP contribution < -0.4 is 20.4 Å². The normalized spacial score (nSPS) is 24.4. The molecule has 1 atom stereocenters. The highest BCUT2D eigenvalue weighted by molar-refractivity contribution is 5.90. The van der Waals surface area contributed by atoms with Crippen LogP contribution in [-0.2, 0) is 11.2 Å². The van der Waals surface area contributed by atoms with E-state index < -0.39 is 0 Å². The number of hydrogen-bond donors (Lipinski definition) is 2. The number of nitriles is 1. The van der Waals surface area contributed by atoms with Crippen LogP contribution in [0.4, 0.5) is 23.0 Å². The summed E-state index contributed by atoms with van der Waals surface area (Å²) in [6.07, 6.45) is 7.34. The maximum atomic E-state index is 9.61. The van der Waals surface area contributed by atoms with Gasteiger partial charge in [0.1, 0.15) is 5.82 Å². The van der Waals surface area contributed by atoms with Crippen molar-refractivity contribution in [1.29, 1.82) is 5.26 Å². The summed E-state index contributed by atoms with van der Waals surface area (Å²) in [5.41, 5.74) is 13.9. The van der Waals surface area contributed by atoms with Gasteiger partial charge in [-0.15, -0.1) is 0 Å². The maximum absolute atomic E-state index is 9.61. The molecule has 8 rings (SSSR count). The summed E-state index contributed by atoms with van der Waals surface area (Å²) in [7, 11) is 1.78. The van der Waals surface area contributed by atoms with Crippen LogP contribution in [0.3, 0.4) is 0 Å². The molecule has 1 unspecified atom stereocenters. The van der Waals surface area contributed by atoms with Gasteiger partial charge in [0.2, 0.25) is 0 Å². The standard InChI is InChI=1S/C32H35N9O/c1-42-23-15-22(16-23)40-12-13-41(25-7-6-20(18-33)14-26(25)40)31-28-30(37-38-31)36-27(19-35-28)39-10-8-32(9-11-39)17-21-4-2-3-5-24(21)29(32)34/h2-7,14,19,22-23,29H,8-13,15-17,34H2,1H3,(H,36,37,38)/t22-,23-,29?. The number of anilines is 4. The fourth-order valence-electron chi connectivity index (χ4n) is 7.69. The molecule has 4 heterocycles. The average molecular weight is 562 g/mol. The molecule has 10 nitrogen and oxygen atoms in total. The van der Waals surface area contributed by atoms with Crippen LogP contribution in [0.2, 0.25) is 0 Å². The van der Waals surface area contributed by atoms with E-state index in [1.54, 1.807) is 7.11 Å². The Morgan fingerprint density at radius 1 is 1.07 bits per heavy atom. The number of methoxy groups -OCH3 is 1. The van der Waals surface area contributed by atoms with E-state index in [0.717, 1.165) is 86.8 Å². The molecule has 0 amide bonds. The van der Waals surface area contributed by atoms with E-state index in [2.05, 4.69) is 50.1 Å². The number of fused-ring (bicyclic) bond motifs is 3. The summed E-state index contributed by atoms with van der Waals surface area (Å²) in [6.45, 7) is 3.42. The van der Waals surface area contributed by atoms with Crippen molar-refractivity contribution in [2.24, 2.45) is 11.1 Å². The van der Waals surface area contributed by atoms with Crippen molar-refractivity contribution in [1.82, 2.24) is 20.2 Å². The van der Waals surface area contributed by atoms with Gasteiger partial charge >= 0.3 is 0 Å². The van der Waals surface area contributed by atoms with E-state index >= 15 is 0 Å². The molecule has 2 aromatic heterocycles. The van der Waals surface area contributed by atoms with Gasteiger partial charge in [0.15, 0.2) is 17.0 Å². The van der Waals surface area contributed by atoms with Gasteiger partial charge in [-0.05, 0) is 66.8 Å². The SMILES string of the molecule is CO[C@H]1C[C@H](N2CCN(c3n[nH]c4nc(N5CCC6(CC5)Cc5ccccc5C6N)cnc34)c3ccc(C#N)cc32)C1. The molecular formula is C32H35N9O. The molecular weight excluding hydrogens is 526 g/mol. The van der Waals surface area contributed by atoms with E-state index in [1.165, 1.54) is 11.1 Å². The van der Waals surface area contributed by atoms with Crippen LogP contribution in [0.25, 0.3) is 11.2 Å². The van der Waals surface area contributed by atoms with Crippen LogP contribution in [-0.4, -0.2) is 65.6 Å². The maximum Gasteiger partial charge on any atom is 0.183 e. The van der Waals surface area contributed by atoms with Crippen molar-refractivity contribution in [3.63, 3.8) is 0 Å². The fourth-order valence-corrected chi connectivity index (χ4v) is 7.69. The second kappa shape index (κ2) is 9.68. The van der Waals surface area contributed by atoms with Gasteiger partial charge in [-0.1, -0.05) is 24.3 Å². The lowest BCUT2D eigenvalue weighted by molar-refractivity contribution is 0.0254. The minimum atomic E-state index is 0.0952. The molecule has 4 aliphatic rings. The summed E-state index contributed by atoms with van der Waals surface area (Å²) < 4.78 is 5.54. The number of aromatic nitrogens is 4. The first-order valence-electron chi connectivity index (χ1n) is 15.0. The second-order valence-corrected chi connectivity index (χ2v) is 12.3. The van der Waals surface area contributed by atoms with E-state index in [1.807, 2.05) is 24.4 Å². The van der Waals surface area contributed by atoms with Gasteiger partial charge in [-0.25, -0.2) is 9.97 Å². The summed E-state index contributed by atoms with van der Waals surface area (Å²) in [4.78, 5) is 16.8. The lowest BCUT2D eigenvalue weighted by Crippen LogP contribution is -2.52. The van der Waals surface area contributed by atoms with E-state index in [0.29, 0.717) is 23.4 Å². The summed E-state index contributed by atoms with van der Waals surface area (Å²) in [5, 5.41) is 17.5. The predicted molar refractivity (Wildman–Crippen MR) is 162 cm³/mol. The molecule has 10 heteroatoms. The number of benzene rings is 2. The van der Waals surface area contributed by atoms with Crippen molar-refractivity contribution in [3.05, 3.63) is 65.4 Å². The Morgan fingerprint density at radius 2 is 1.90 bits per heavy atom. The van der Waals surface area contributed by atoms with Gasteiger partial charge in [-0.3, -0.25) is 5.10 Å². The zero-order valence-electron chi connectivity index (χ0n) is 23.8. The Morgan fingerprint density at radius 3 is 2.69 bits per heavy atom. The third-order valence-corrected chi connectivity index (χ3v) is 10.3. The van der Waals surface area contributed by atoms with Crippen LogP contribution in [0.1, 0.15) is 48.4 Å². The van der Waals surface area contributed by atoms with Crippen molar-refractivity contribution >= 4 is 34.2 Å². The number of ether oxygens (including phenoxy) is 1. The number of nitrogens with two attached hydrogens (primary N) is 1. The molecule has 2 aliphatic carbocycles. The molecule has 214 valence electrons. The van der Waals surface area contributed by atoms with Crippen molar-refractivity contribution in [3.8, 4) is 6.07 Å². The van der Waals surface area contributed by atoms with Gasteiger partial charge < -0.3 is 25.2 Å². The highest BCUT2D eigenvalue weighted by Gasteiger charge is 2.46. The Kier molecular flexibility index (Phi) is 5.88. The number of nitrogens with zero attached hydrogens (tertiary/aromatic N) is 7. The number of H-pyrrole nitrogens is 1. The Labute approximate surface area is 245 Å². The number of nitrogens with one attached hydrogen (secondary N) is 1. The minimum absolute atomic E-state index is 0.0952. The number of rotatable bonds is 4. The number of aromatic amines is 1. The van der Waals surface area contributed by atoms with Gasteiger partial charge in [-0.2, -0.15) is 10.4 Å². The molecule has 42 heavy (non-hydrogen) atoms. The highest BCUT2D eigenvalue weighted by Crippen LogP contribution is 2.51. The molecule has 1 spiro atoms. The predicted octanol–water partition coefficient (Wildman–Crippen LogP) is 4.20. The van der Waals surface area contributed by atoms with E-state index in [9.17, 15) is 5.26 Å². The Bertz CT molecular complexity index is 1700. The summed E-state index contributed by atoms with van der Waals surface area (Å²) in [5.74, 6) is 1.64. The monoisotopic (exact) mass is 561 g/mol. The topological polar surface area (TPSA) is 123 Å². The molecule has 1 saturated carbocycles. The lowest BCUT2D eigenvalue weighted by atomic mass is 9.73. The third-order valence-electron chi connectivity index (χ3n) is 10.3. The van der Waals surface area contributed by atoms with Crippen LogP contribution in [0, 0.1) is 16.7 Å². The number of hydrogen-bond acceptors (Lipinski definition) is 9. The van der Waals surface area contributed by atoms with Crippen molar-refractivity contribution < 1.29 is 4.74 Å². The minimum Gasteiger partial charge on any atom is -0.381 e. The van der Waals surface area contributed by atoms with Crippen LogP contribution >= 0.6 is 0 Å². The first-order valence-corrected chi connectivity index (χ1v) is 15.0. The smallest absolute Gasteiger partial charge is 0.183 e. The molecule has 2 aliphatic heterocycles. The Hall–Kier alpha value is -4.20. The molecule has 0 bridgehead atoms. The van der Waals surface area contributed by atoms with Gasteiger partial charge in [0.05, 0.1) is 35.3 Å². The van der Waals surface area contributed by atoms with Crippen molar-refractivity contribution in [2.45, 2.75) is 50.3 Å². The van der Waals surface area contributed by atoms with Crippen LogP contribution in [0.5, 0.6) is 0 Å². The number of piperidine rings is 1. The summed E-state index contributed by atoms with van der Waals surface area (Å²) >= 11 is 0. The first kappa shape index (κ1) is 25.5. The second-order valence-electron chi connectivity index (χ2n) is 12.3. The van der Waals surface area contributed by atoms with E-state index in [-0.39, 0.29) is 11.5 Å². The zero-order valence-corrected chi connectivity index (χ0v) is 23.8. The third kappa shape index (κ3) is 3.87. The first-order chi connectivity index (χ1) is 20.6. The molecule has 2 aromatic carbocycles. The average Bonchev–Trinajstić information content (AvgIpc) is 3.55. The Balaban J connectivity index is 1.04. The van der Waals surface area contributed by atoms with Crippen molar-refractivity contribution in [2.75, 3.05) is 48.0 Å². The molecule has 2 fully saturated rings. The molecule has 0 radical (unpaired) electrons. The highest BCUT2D eigenvalue weighted by atomic mass is 16.5. The van der Waals surface area contributed by atoms with Gasteiger partial charge in [0, 0.05) is 45.4 Å². The quantitative estimate of drug-likeness (QED) is 0.377. The molecule has 1 saturated heterocycles. The van der Waals surface area contributed by atoms with Gasteiger partial charge in [0.25, 0.3) is 0 Å². The molecule has 4 aromatic rings.